The highest BCUT2D eigenvalue weighted by Crippen LogP contribution is 2.35. The van der Waals surface area contributed by atoms with Crippen molar-refractivity contribution in [1.82, 2.24) is 29.7 Å². The zero-order chi connectivity index (χ0) is 23.5. The van der Waals surface area contributed by atoms with Gasteiger partial charge in [0.15, 0.2) is 11.5 Å². The van der Waals surface area contributed by atoms with Gasteiger partial charge in [-0.2, -0.15) is 5.10 Å². The molecule has 0 aliphatic heterocycles. The molecule has 0 radical (unpaired) electrons. The van der Waals surface area contributed by atoms with Gasteiger partial charge in [-0.15, -0.1) is 10.2 Å². The van der Waals surface area contributed by atoms with Crippen LogP contribution in [0.15, 0.2) is 79.1 Å². The Hall–Kier alpha value is -4.66. The van der Waals surface area contributed by atoms with Crippen LogP contribution in [0.5, 0.6) is 11.5 Å². The topological polar surface area (TPSA) is 95.6 Å². The number of hydrogen-bond donors (Lipinski definition) is 1. The summed E-state index contributed by atoms with van der Waals surface area (Å²) in [5.74, 6) is 1.54. The molecule has 0 saturated carbocycles. The highest BCUT2D eigenvalue weighted by molar-refractivity contribution is 6.00. The van der Waals surface area contributed by atoms with Crippen molar-refractivity contribution < 1.29 is 14.3 Å². The van der Waals surface area contributed by atoms with Crippen LogP contribution in [-0.2, 0) is 6.54 Å². The summed E-state index contributed by atoms with van der Waals surface area (Å²) >= 11 is 0. The normalized spacial score (nSPS) is 10.9. The number of rotatable bonds is 7. The number of nitrogens with one attached hydrogen (secondary N) is 1. The molecule has 3 heterocycles. The molecule has 0 unspecified atom stereocenters. The van der Waals surface area contributed by atoms with Crippen LogP contribution in [0.3, 0.4) is 0 Å². The van der Waals surface area contributed by atoms with Gasteiger partial charge in [-0.3, -0.25) is 9.20 Å². The van der Waals surface area contributed by atoms with Crippen molar-refractivity contribution in [3.05, 3.63) is 90.5 Å². The van der Waals surface area contributed by atoms with Gasteiger partial charge in [0.25, 0.3) is 5.91 Å². The minimum absolute atomic E-state index is 0.204. The van der Waals surface area contributed by atoms with E-state index in [0.717, 1.165) is 5.69 Å². The first kappa shape index (κ1) is 21.2. The highest BCUT2D eigenvalue weighted by atomic mass is 16.5. The first-order valence-electron chi connectivity index (χ1n) is 10.6. The van der Waals surface area contributed by atoms with Crippen LogP contribution in [0.25, 0.3) is 22.6 Å². The monoisotopic (exact) mass is 454 g/mol. The van der Waals surface area contributed by atoms with E-state index in [1.54, 1.807) is 43.3 Å². The fraction of sp³-hybridized carbons (Fsp3) is 0.120. The molecule has 0 atom stereocenters. The molecule has 5 rings (SSSR count). The first-order valence-corrected chi connectivity index (χ1v) is 10.6. The number of ether oxygens (including phenoxy) is 2. The molecule has 0 aliphatic rings. The van der Waals surface area contributed by atoms with Crippen molar-refractivity contribution >= 4 is 11.6 Å². The minimum atomic E-state index is -0.297. The number of fused-ring (bicyclic) bond motifs is 1. The number of methoxy groups -OCH3 is 2. The van der Waals surface area contributed by atoms with E-state index in [1.165, 1.54) is 0 Å². The van der Waals surface area contributed by atoms with E-state index in [4.69, 9.17) is 14.6 Å². The summed E-state index contributed by atoms with van der Waals surface area (Å²) in [6.45, 7) is 0.204. The van der Waals surface area contributed by atoms with Crippen molar-refractivity contribution in [3.63, 3.8) is 0 Å². The van der Waals surface area contributed by atoms with Gasteiger partial charge < -0.3 is 14.8 Å². The van der Waals surface area contributed by atoms with Crippen molar-refractivity contribution in [2.24, 2.45) is 0 Å². The molecular formula is C25H22N6O3. The lowest BCUT2D eigenvalue weighted by atomic mass is 10.1. The summed E-state index contributed by atoms with van der Waals surface area (Å²) in [5.41, 5.74) is 3.06. The van der Waals surface area contributed by atoms with E-state index in [9.17, 15) is 4.79 Å². The Labute approximate surface area is 195 Å². The van der Waals surface area contributed by atoms with Gasteiger partial charge in [0.2, 0.25) is 0 Å². The zero-order valence-electron chi connectivity index (χ0n) is 18.7. The minimum Gasteiger partial charge on any atom is -0.497 e. The number of hydrogen-bond acceptors (Lipinski definition) is 6. The van der Waals surface area contributed by atoms with Crippen molar-refractivity contribution in [2.45, 2.75) is 6.54 Å². The molecule has 1 N–H and O–H groups in total. The van der Waals surface area contributed by atoms with Gasteiger partial charge in [0, 0.05) is 18.0 Å². The van der Waals surface area contributed by atoms with E-state index in [1.807, 2.05) is 59.1 Å². The number of carbonyl (C=O) groups is 1. The van der Waals surface area contributed by atoms with Crippen molar-refractivity contribution in [1.29, 1.82) is 0 Å². The van der Waals surface area contributed by atoms with E-state index >= 15 is 0 Å². The molecule has 0 fully saturated rings. The second kappa shape index (κ2) is 9.07. The van der Waals surface area contributed by atoms with Gasteiger partial charge >= 0.3 is 0 Å². The largest absolute Gasteiger partial charge is 0.497 e. The smallest absolute Gasteiger partial charge is 0.255 e. The Balaban J connectivity index is 1.54. The van der Waals surface area contributed by atoms with Crippen LogP contribution in [0, 0.1) is 0 Å². The number of nitrogens with zero attached hydrogens (tertiary/aromatic N) is 5. The third kappa shape index (κ3) is 3.95. The Morgan fingerprint density at radius 1 is 0.971 bits per heavy atom. The van der Waals surface area contributed by atoms with E-state index in [0.29, 0.717) is 39.8 Å². The molecule has 0 bridgehead atoms. The van der Waals surface area contributed by atoms with E-state index in [-0.39, 0.29) is 12.5 Å². The molecule has 34 heavy (non-hydrogen) atoms. The molecule has 170 valence electrons. The van der Waals surface area contributed by atoms with Gasteiger partial charge in [-0.05, 0) is 42.5 Å². The van der Waals surface area contributed by atoms with Crippen LogP contribution in [0.1, 0.15) is 16.2 Å². The lowest BCUT2D eigenvalue weighted by Gasteiger charge is -2.10. The second-order valence-corrected chi connectivity index (χ2v) is 7.47. The summed E-state index contributed by atoms with van der Waals surface area (Å²) in [6, 6.07) is 20.6. The fourth-order valence-corrected chi connectivity index (χ4v) is 3.72. The summed E-state index contributed by atoms with van der Waals surface area (Å²) in [5, 5.41) is 16.0. The number of amides is 1. The molecule has 3 aromatic heterocycles. The van der Waals surface area contributed by atoms with Crippen LogP contribution >= 0.6 is 0 Å². The standard InChI is InChI=1S/C25H22N6O3/c1-33-18-11-12-21(34-2)19(14-18)24-20(16-31(29-24)17-8-4-3-5-9-17)25(32)26-15-23-28-27-22-10-6-7-13-30(22)23/h3-14,16H,15H2,1-2H3,(H,26,32). The fourth-order valence-electron chi connectivity index (χ4n) is 3.72. The maximum Gasteiger partial charge on any atom is 0.255 e. The third-order valence-corrected chi connectivity index (χ3v) is 5.43. The SMILES string of the molecule is COc1ccc(OC)c(-c2nn(-c3ccccc3)cc2C(=O)NCc2nnc3ccccn23)c1. The molecule has 2 aromatic carbocycles. The molecule has 0 spiro atoms. The molecular weight excluding hydrogens is 432 g/mol. The molecule has 1 amide bonds. The van der Waals surface area contributed by atoms with E-state index < -0.39 is 0 Å². The third-order valence-electron chi connectivity index (χ3n) is 5.43. The summed E-state index contributed by atoms with van der Waals surface area (Å²) in [4.78, 5) is 13.4. The van der Waals surface area contributed by atoms with Crippen LogP contribution in [0.4, 0.5) is 0 Å². The summed E-state index contributed by atoms with van der Waals surface area (Å²) in [7, 11) is 3.17. The summed E-state index contributed by atoms with van der Waals surface area (Å²) in [6.07, 6.45) is 3.57. The maximum absolute atomic E-state index is 13.4. The second-order valence-electron chi connectivity index (χ2n) is 7.47. The average molecular weight is 454 g/mol. The molecule has 9 nitrogen and oxygen atoms in total. The molecule has 0 saturated heterocycles. The van der Waals surface area contributed by atoms with Gasteiger partial charge in [-0.1, -0.05) is 24.3 Å². The summed E-state index contributed by atoms with van der Waals surface area (Å²) < 4.78 is 14.5. The Kier molecular flexibility index (Phi) is 5.65. The predicted octanol–water partition coefficient (Wildman–Crippen LogP) is 3.53. The van der Waals surface area contributed by atoms with E-state index in [2.05, 4.69) is 15.5 Å². The Morgan fingerprint density at radius 2 is 1.79 bits per heavy atom. The van der Waals surface area contributed by atoms with Gasteiger partial charge in [-0.25, -0.2) is 4.68 Å². The zero-order valence-corrected chi connectivity index (χ0v) is 18.7. The lowest BCUT2D eigenvalue weighted by Crippen LogP contribution is -2.24. The van der Waals surface area contributed by atoms with Crippen LogP contribution in [-0.4, -0.2) is 44.5 Å². The van der Waals surface area contributed by atoms with Crippen molar-refractivity contribution in [3.8, 4) is 28.4 Å². The number of benzene rings is 2. The van der Waals surface area contributed by atoms with Crippen molar-refractivity contribution in [2.75, 3.05) is 14.2 Å². The maximum atomic E-state index is 13.4. The molecule has 9 heteroatoms. The average Bonchev–Trinajstić information content (AvgIpc) is 3.52. The number of para-hydroxylation sites is 1. The van der Waals surface area contributed by atoms with Crippen LogP contribution < -0.4 is 14.8 Å². The Bertz CT molecular complexity index is 1460. The predicted molar refractivity (Wildman–Crippen MR) is 126 cm³/mol. The van der Waals surface area contributed by atoms with Gasteiger partial charge in [0.1, 0.15) is 17.2 Å². The number of carbonyl (C=O) groups excluding carboxylic acids is 1. The lowest BCUT2D eigenvalue weighted by molar-refractivity contribution is 0.0950. The first-order chi connectivity index (χ1) is 16.7. The molecule has 5 aromatic rings. The van der Waals surface area contributed by atoms with Crippen LogP contribution in [0.2, 0.25) is 0 Å². The number of aromatic nitrogens is 5. The quantitative estimate of drug-likeness (QED) is 0.404. The Morgan fingerprint density at radius 3 is 2.59 bits per heavy atom. The highest BCUT2D eigenvalue weighted by Gasteiger charge is 2.22. The van der Waals surface area contributed by atoms with Gasteiger partial charge in [0.05, 0.1) is 32.0 Å². The molecule has 0 aliphatic carbocycles. The number of pyridine rings is 1.